The van der Waals surface area contributed by atoms with Crippen LogP contribution >= 0.6 is 0 Å². The van der Waals surface area contributed by atoms with E-state index in [0.29, 0.717) is 6.04 Å². The van der Waals surface area contributed by atoms with Crippen molar-refractivity contribution in [3.63, 3.8) is 0 Å². The molecule has 1 saturated heterocycles. The summed E-state index contributed by atoms with van der Waals surface area (Å²) in [7, 11) is 0. The molecule has 23 heavy (non-hydrogen) atoms. The first-order valence-electron chi connectivity index (χ1n) is 8.59. The molecular formula is C20H27N3. The highest BCUT2D eigenvalue weighted by Crippen LogP contribution is 2.18. The molecule has 0 unspecified atom stereocenters. The van der Waals surface area contributed by atoms with Gasteiger partial charge in [0.1, 0.15) is 0 Å². The number of rotatable bonds is 6. The van der Waals surface area contributed by atoms with E-state index in [4.69, 9.17) is 5.73 Å². The predicted octanol–water partition coefficient (Wildman–Crippen LogP) is 2.72. The molecule has 2 N–H and O–H groups in total. The van der Waals surface area contributed by atoms with Gasteiger partial charge in [0.2, 0.25) is 0 Å². The van der Waals surface area contributed by atoms with E-state index in [0.717, 1.165) is 45.7 Å². The summed E-state index contributed by atoms with van der Waals surface area (Å²) >= 11 is 0. The van der Waals surface area contributed by atoms with Gasteiger partial charge in [0.05, 0.1) is 0 Å². The van der Waals surface area contributed by atoms with Crippen molar-refractivity contribution in [2.24, 2.45) is 5.73 Å². The Labute approximate surface area is 139 Å². The van der Waals surface area contributed by atoms with Crippen molar-refractivity contribution < 1.29 is 0 Å². The highest BCUT2D eigenvalue weighted by molar-refractivity contribution is 5.16. The van der Waals surface area contributed by atoms with Crippen molar-refractivity contribution in [2.45, 2.75) is 25.6 Å². The predicted molar refractivity (Wildman–Crippen MR) is 96.0 cm³/mol. The average molecular weight is 309 g/mol. The van der Waals surface area contributed by atoms with Crippen LogP contribution in [0, 0.1) is 0 Å². The van der Waals surface area contributed by atoms with E-state index in [1.807, 2.05) is 0 Å². The van der Waals surface area contributed by atoms with Crippen LogP contribution in [-0.2, 0) is 13.1 Å². The van der Waals surface area contributed by atoms with E-state index in [1.54, 1.807) is 0 Å². The number of benzene rings is 2. The first-order valence-corrected chi connectivity index (χ1v) is 8.59. The van der Waals surface area contributed by atoms with Crippen molar-refractivity contribution in [1.82, 2.24) is 9.80 Å². The van der Waals surface area contributed by atoms with Crippen LogP contribution in [0.5, 0.6) is 0 Å². The fourth-order valence-electron chi connectivity index (χ4n) is 3.43. The molecule has 0 aromatic heterocycles. The van der Waals surface area contributed by atoms with Crippen LogP contribution in [-0.4, -0.2) is 42.0 Å². The molecule has 122 valence electrons. The number of hydrogen-bond acceptors (Lipinski definition) is 3. The normalized spacial score (nSPS) is 19.8. The summed E-state index contributed by atoms with van der Waals surface area (Å²) in [6.07, 6.45) is 1.07. The second kappa shape index (κ2) is 8.25. The van der Waals surface area contributed by atoms with Crippen molar-refractivity contribution >= 4 is 0 Å². The van der Waals surface area contributed by atoms with Crippen LogP contribution in [0.15, 0.2) is 60.7 Å². The molecule has 2 aromatic rings. The molecule has 3 heteroatoms. The number of nitrogens with two attached hydrogens (primary N) is 1. The molecule has 0 radical (unpaired) electrons. The summed E-state index contributed by atoms with van der Waals surface area (Å²) in [5.74, 6) is 0. The Morgan fingerprint density at radius 1 is 0.826 bits per heavy atom. The van der Waals surface area contributed by atoms with Crippen molar-refractivity contribution in [3.8, 4) is 0 Å². The Morgan fingerprint density at radius 3 is 2.04 bits per heavy atom. The molecule has 0 spiro atoms. The lowest BCUT2D eigenvalue weighted by molar-refractivity contribution is 0.0608. The first kappa shape index (κ1) is 16.2. The van der Waals surface area contributed by atoms with Gasteiger partial charge in [-0.25, -0.2) is 0 Å². The first-order chi connectivity index (χ1) is 11.3. The van der Waals surface area contributed by atoms with Gasteiger partial charge in [-0.1, -0.05) is 60.7 Å². The van der Waals surface area contributed by atoms with Crippen LogP contribution in [0.1, 0.15) is 17.5 Å². The SMILES string of the molecule is NCC[C@H]1CN(Cc2ccccc2)CCN1Cc1ccccc1. The Bertz CT molecular complexity index is 570. The molecule has 1 aliphatic rings. The van der Waals surface area contributed by atoms with Gasteiger partial charge in [-0.05, 0) is 24.1 Å². The standard InChI is InChI=1S/C20H27N3/c21-12-11-20-17-22(15-18-7-3-1-4-8-18)13-14-23(20)16-19-9-5-2-6-10-19/h1-10,20H,11-17,21H2/t20-/m0/s1. The van der Waals surface area contributed by atoms with Crippen molar-refractivity contribution in [3.05, 3.63) is 71.8 Å². The van der Waals surface area contributed by atoms with Gasteiger partial charge >= 0.3 is 0 Å². The van der Waals surface area contributed by atoms with Gasteiger partial charge in [0.25, 0.3) is 0 Å². The molecule has 0 saturated carbocycles. The molecule has 1 atom stereocenters. The molecule has 1 aliphatic heterocycles. The summed E-state index contributed by atoms with van der Waals surface area (Å²) in [6.45, 7) is 6.19. The molecule has 0 amide bonds. The molecule has 1 fully saturated rings. The minimum atomic E-state index is 0.553. The van der Waals surface area contributed by atoms with Crippen LogP contribution < -0.4 is 5.73 Å². The van der Waals surface area contributed by atoms with Gasteiger partial charge in [0.15, 0.2) is 0 Å². The lowest BCUT2D eigenvalue weighted by Gasteiger charge is -2.41. The van der Waals surface area contributed by atoms with Crippen LogP contribution in [0.25, 0.3) is 0 Å². The molecule has 1 heterocycles. The summed E-state index contributed by atoms with van der Waals surface area (Å²) in [6, 6.07) is 22.1. The van der Waals surface area contributed by atoms with Gasteiger partial charge in [-0.2, -0.15) is 0 Å². The second-order valence-electron chi connectivity index (χ2n) is 6.41. The minimum Gasteiger partial charge on any atom is -0.330 e. The zero-order valence-corrected chi connectivity index (χ0v) is 13.8. The van der Waals surface area contributed by atoms with Crippen molar-refractivity contribution in [2.75, 3.05) is 26.2 Å². The maximum atomic E-state index is 5.87. The van der Waals surface area contributed by atoms with Gasteiger partial charge in [0, 0.05) is 38.8 Å². The third-order valence-electron chi connectivity index (χ3n) is 4.67. The zero-order valence-electron chi connectivity index (χ0n) is 13.8. The minimum absolute atomic E-state index is 0.553. The van der Waals surface area contributed by atoms with E-state index in [1.165, 1.54) is 11.1 Å². The maximum Gasteiger partial charge on any atom is 0.0239 e. The summed E-state index contributed by atoms with van der Waals surface area (Å²) in [5, 5.41) is 0. The average Bonchev–Trinajstić information content (AvgIpc) is 2.59. The van der Waals surface area contributed by atoms with Gasteiger partial charge in [-0.3, -0.25) is 9.80 Å². The Morgan fingerprint density at radius 2 is 1.43 bits per heavy atom. The molecule has 0 aliphatic carbocycles. The lowest BCUT2D eigenvalue weighted by atomic mass is 10.1. The summed E-state index contributed by atoms with van der Waals surface area (Å²) < 4.78 is 0. The van der Waals surface area contributed by atoms with Crippen LogP contribution in [0.3, 0.4) is 0 Å². The Kier molecular flexibility index (Phi) is 5.81. The van der Waals surface area contributed by atoms with E-state index < -0.39 is 0 Å². The zero-order chi connectivity index (χ0) is 15.9. The van der Waals surface area contributed by atoms with E-state index in [9.17, 15) is 0 Å². The third-order valence-corrected chi connectivity index (χ3v) is 4.67. The van der Waals surface area contributed by atoms with Gasteiger partial charge in [-0.15, -0.1) is 0 Å². The smallest absolute Gasteiger partial charge is 0.0239 e. The van der Waals surface area contributed by atoms with Gasteiger partial charge < -0.3 is 5.73 Å². The fraction of sp³-hybridized carbons (Fsp3) is 0.400. The number of hydrogen-bond donors (Lipinski definition) is 1. The van der Waals surface area contributed by atoms with E-state index in [2.05, 4.69) is 70.5 Å². The quantitative estimate of drug-likeness (QED) is 0.890. The van der Waals surface area contributed by atoms with E-state index in [-0.39, 0.29) is 0 Å². The molecule has 3 rings (SSSR count). The summed E-state index contributed by atoms with van der Waals surface area (Å²) in [4.78, 5) is 5.17. The van der Waals surface area contributed by atoms with Crippen molar-refractivity contribution in [1.29, 1.82) is 0 Å². The second-order valence-corrected chi connectivity index (χ2v) is 6.41. The van der Waals surface area contributed by atoms with Crippen LogP contribution in [0.4, 0.5) is 0 Å². The largest absolute Gasteiger partial charge is 0.330 e. The lowest BCUT2D eigenvalue weighted by Crippen LogP contribution is -2.52. The molecule has 3 nitrogen and oxygen atoms in total. The topological polar surface area (TPSA) is 32.5 Å². The Balaban J connectivity index is 1.61. The monoisotopic (exact) mass is 309 g/mol. The fourth-order valence-corrected chi connectivity index (χ4v) is 3.43. The number of nitrogens with zero attached hydrogens (tertiary/aromatic N) is 2. The molecule has 0 bridgehead atoms. The molecular weight excluding hydrogens is 282 g/mol. The highest BCUT2D eigenvalue weighted by Gasteiger charge is 2.26. The maximum absolute atomic E-state index is 5.87. The van der Waals surface area contributed by atoms with E-state index >= 15 is 0 Å². The van der Waals surface area contributed by atoms with Crippen LogP contribution in [0.2, 0.25) is 0 Å². The third kappa shape index (κ3) is 4.64. The molecule has 2 aromatic carbocycles. The summed E-state index contributed by atoms with van der Waals surface area (Å²) in [5.41, 5.74) is 8.66. The highest BCUT2D eigenvalue weighted by atomic mass is 15.3. The Hall–Kier alpha value is -1.68. The number of piperazine rings is 1.